The molecule has 1 aromatic carbocycles. The van der Waals surface area contributed by atoms with Crippen molar-refractivity contribution in [2.24, 2.45) is 7.05 Å². The van der Waals surface area contributed by atoms with E-state index in [4.69, 9.17) is 9.15 Å². The number of nitrogens with zero attached hydrogens (tertiary/aromatic N) is 3. The van der Waals surface area contributed by atoms with Gasteiger partial charge in [-0.2, -0.15) is 5.10 Å². The smallest absolute Gasteiger partial charge is 0.291 e. The summed E-state index contributed by atoms with van der Waals surface area (Å²) in [5, 5.41) is 6.95. The fourth-order valence-electron chi connectivity index (χ4n) is 2.58. The Morgan fingerprint density at radius 1 is 1.24 bits per heavy atom. The summed E-state index contributed by atoms with van der Waals surface area (Å²) < 4.78 is 13.7. The number of anilines is 1. The van der Waals surface area contributed by atoms with Gasteiger partial charge in [0.25, 0.3) is 11.8 Å². The van der Waals surface area contributed by atoms with Gasteiger partial charge in [0, 0.05) is 21.1 Å². The topological polar surface area (TPSA) is 89.6 Å². The van der Waals surface area contributed by atoms with Crippen molar-refractivity contribution in [3.05, 3.63) is 63.8 Å². The molecule has 3 aromatic rings. The van der Waals surface area contributed by atoms with E-state index in [0.717, 1.165) is 4.47 Å². The molecule has 8 nitrogen and oxygen atoms in total. The fourth-order valence-corrected chi connectivity index (χ4v) is 2.98. The van der Waals surface area contributed by atoms with Gasteiger partial charge in [-0.1, -0.05) is 12.1 Å². The summed E-state index contributed by atoms with van der Waals surface area (Å²) in [5.74, 6) is 0.514. The molecule has 3 rings (SSSR count). The van der Waals surface area contributed by atoms with Crippen molar-refractivity contribution in [3.63, 3.8) is 0 Å². The zero-order valence-corrected chi connectivity index (χ0v) is 18.1. The van der Waals surface area contributed by atoms with Crippen molar-refractivity contribution in [2.45, 2.75) is 13.5 Å². The van der Waals surface area contributed by atoms with E-state index in [9.17, 15) is 9.59 Å². The maximum atomic E-state index is 12.6. The highest BCUT2D eigenvalue weighted by Crippen LogP contribution is 2.25. The van der Waals surface area contributed by atoms with E-state index in [2.05, 4.69) is 26.3 Å². The lowest BCUT2D eigenvalue weighted by molar-refractivity contribution is 0.0822. The van der Waals surface area contributed by atoms with Gasteiger partial charge in [0.1, 0.15) is 18.1 Å². The summed E-state index contributed by atoms with van der Waals surface area (Å²) >= 11 is 3.41. The molecule has 0 atom stereocenters. The average Bonchev–Trinajstić information content (AvgIpc) is 3.27. The molecule has 0 saturated heterocycles. The van der Waals surface area contributed by atoms with Crippen LogP contribution >= 0.6 is 15.9 Å². The van der Waals surface area contributed by atoms with Gasteiger partial charge in [0.15, 0.2) is 11.5 Å². The molecule has 9 heteroatoms. The molecule has 0 aliphatic carbocycles. The molecule has 2 heterocycles. The Kier molecular flexibility index (Phi) is 6.07. The Labute approximate surface area is 176 Å². The molecule has 1 N–H and O–H groups in total. The number of aromatic nitrogens is 2. The number of halogens is 1. The van der Waals surface area contributed by atoms with Crippen LogP contribution in [-0.2, 0) is 13.7 Å². The lowest BCUT2D eigenvalue weighted by atomic mass is 10.2. The van der Waals surface area contributed by atoms with E-state index in [1.54, 1.807) is 44.9 Å². The SMILES string of the molecule is Cc1c(NC(=O)c2ccc(COc3ccccc3Br)o2)c(C(=O)N(C)C)nn1C. The zero-order valence-electron chi connectivity index (χ0n) is 16.5. The third-order valence-electron chi connectivity index (χ3n) is 4.27. The van der Waals surface area contributed by atoms with E-state index in [-0.39, 0.29) is 24.0 Å². The first-order chi connectivity index (χ1) is 13.8. The molecule has 0 bridgehead atoms. The summed E-state index contributed by atoms with van der Waals surface area (Å²) in [6.07, 6.45) is 0. The van der Waals surface area contributed by atoms with Crippen LogP contribution in [0.15, 0.2) is 45.3 Å². The highest BCUT2D eigenvalue weighted by atomic mass is 79.9. The number of furan rings is 1. The van der Waals surface area contributed by atoms with Crippen LogP contribution in [0.3, 0.4) is 0 Å². The predicted molar refractivity (Wildman–Crippen MR) is 111 cm³/mol. The monoisotopic (exact) mass is 460 g/mol. The summed E-state index contributed by atoms with van der Waals surface area (Å²) in [6.45, 7) is 1.94. The van der Waals surface area contributed by atoms with Gasteiger partial charge in [0.05, 0.1) is 15.9 Å². The number of benzene rings is 1. The molecule has 29 heavy (non-hydrogen) atoms. The number of amides is 2. The zero-order chi connectivity index (χ0) is 21.1. The van der Waals surface area contributed by atoms with Crippen molar-refractivity contribution >= 4 is 33.4 Å². The molecule has 0 radical (unpaired) electrons. The molecule has 0 aliphatic heterocycles. The number of carbonyl (C=O) groups is 2. The van der Waals surface area contributed by atoms with Crippen LogP contribution < -0.4 is 10.1 Å². The number of nitrogens with one attached hydrogen (secondary N) is 1. The third-order valence-corrected chi connectivity index (χ3v) is 4.93. The summed E-state index contributed by atoms with van der Waals surface area (Å²) in [6, 6.07) is 10.7. The Bertz CT molecular complexity index is 1050. The maximum absolute atomic E-state index is 12.6. The number of para-hydroxylation sites is 1. The first-order valence-electron chi connectivity index (χ1n) is 8.80. The molecule has 152 valence electrons. The first kappa shape index (κ1) is 20.7. The molecule has 0 unspecified atom stereocenters. The van der Waals surface area contributed by atoms with Gasteiger partial charge < -0.3 is 19.4 Å². The van der Waals surface area contributed by atoms with Gasteiger partial charge in [0.2, 0.25) is 0 Å². The van der Waals surface area contributed by atoms with Crippen LogP contribution in [0.25, 0.3) is 0 Å². The normalized spacial score (nSPS) is 10.7. The summed E-state index contributed by atoms with van der Waals surface area (Å²) in [5.41, 5.74) is 1.19. The second kappa shape index (κ2) is 8.52. The van der Waals surface area contributed by atoms with Crippen molar-refractivity contribution in [2.75, 3.05) is 19.4 Å². The fraction of sp³-hybridized carbons (Fsp3) is 0.250. The van der Waals surface area contributed by atoms with E-state index in [1.165, 1.54) is 4.90 Å². The minimum absolute atomic E-state index is 0.113. The van der Waals surface area contributed by atoms with Crippen LogP contribution in [0.2, 0.25) is 0 Å². The summed E-state index contributed by atoms with van der Waals surface area (Å²) in [4.78, 5) is 26.4. The number of aryl methyl sites for hydroxylation is 1. The molecule has 0 saturated carbocycles. The van der Waals surface area contributed by atoms with Crippen LogP contribution in [0.4, 0.5) is 5.69 Å². The van der Waals surface area contributed by atoms with Crippen molar-refractivity contribution < 1.29 is 18.7 Å². The van der Waals surface area contributed by atoms with Crippen molar-refractivity contribution in [1.82, 2.24) is 14.7 Å². The van der Waals surface area contributed by atoms with Crippen LogP contribution in [0.5, 0.6) is 5.75 Å². The van der Waals surface area contributed by atoms with E-state index in [0.29, 0.717) is 22.9 Å². The lowest BCUT2D eigenvalue weighted by Crippen LogP contribution is -2.24. The Hall–Kier alpha value is -3.07. The molecule has 2 amide bonds. The van der Waals surface area contributed by atoms with Crippen LogP contribution in [-0.4, -0.2) is 40.6 Å². The number of rotatable bonds is 6. The van der Waals surface area contributed by atoms with E-state index in [1.807, 2.05) is 24.3 Å². The molecule has 0 fully saturated rings. The van der Waals surface area contributed by atoms with Gasteiger partial charge in [-0.25, -0.2) is 0 Å². The van der Waals surface area contributed by atoms with E-state index < -0.39 is 5.91 Å². The van der Waals surface area contributed by atoms with Crippen LogP contribution in [0.1, 0.15) is 32.5 Å². The Morgan fingerprint density at radius 2 is 1.97 bits per heavy atom. The van der Waals surface area contributed by atoms with Crippen LogP contribution in [0, 0.1) is 6.92 Å². The molecule has 0 aliphatic rings. The standard InChI is InChI=1S/C20H21BrN4O4/c1-12-17(18(23-25(12)4)20(27)24(2)3)22-19(26)16-10-9-13(29-16)11-28-15-8-6-5-7-14(15)21/h5-10H,11H2,1-4H3,(H,22,26). The number of hydrogen-bond acceptors (Lipinski definition) is 5. The average molecular weight is 461 g/mol. The van der Waals surface area contributed by atoms with Gasteiger partial charge in [-0.3, -0.25) is 14.3 Å². The lowest BCUT2D eigenvalue weighted by Gasteiger charge is -2.10. The number of carbonyl (C=O) groups excluding carboxylic acids is 2. The highest BCUT2D eigenvalue weighted by molar-refractivity contribution is 9.10. The highest BCUT2D eigenvalue weighted by Gasteiger charge is 2.24. The van der Waals surface area contributed by atoms with Gasteiger partial charge in [-0.05, 0) is 47.1 Å². The first-order valence-corrected chi connectivity index (χ1v) is 9.60. The predicted octanol–water partition coefficient (Wildman–Crippen LogP) is 3.62. The largest absolute Gasteiger partial charge is 0.484 e. The minimum Gasteiger partial charge on any atom is -0.484 e. The second-order valence-electron chi connectivity index (χ2n) is 6.57. The summed E-state index contributed by atoms with van der Waals surface area (Å²) in [7, 11) is 4.96. The number of hydrogen-bond donors (Lipinski definition) is 1. The molecule has 2 aromatic heterocycles. The molecular weight excluding hydrogens is 440 g/mol. The van der Waals surface area contributed by atoms with Gasteiger partial charge >= 0.3 is 0 Å². The minimum atomic E-state index is -0.471. The molecule has 0 spiro atoms. The number of ether oxygens (including phenoxy) is 1. The second-order valence-corrected chi connectivity index (χ2v) is 7.43. The Balaban J connectivity index is 1.73. The van der Waals surface area contributed by atoms with Crippen molar-refractivity contribution in [3.8, 4) is 5.75 Å². The third kappa shape index (κ3) is 4.51. The maximum Gasteiger partial charge on any atom is 0.291 e. The Morgan fingerprint density at radius 3 is 2.66 bits per heavy atom. The van der Waals surface area contributed by atoms with Crippen molar-refractivity contribution in [1.29, 1.82) is 0 Å². The van der Waals surface area contributed by atoms with E-state index >= 15 is 0 Å². The quantitative estimate of drug-likeness (QED) is 0.606. The molecular formula is C20H21BrN4O4. The van der Waals surface area contributed by atoms with Gasteiger partial charge in [-0.15, -0.1) is 0 Å².